The highest BCUT2D eigenvalue weighted by molar-refractivity contribution is 5.39. The average Bonchev–Trinajstić information content (AvgIpc) is 2.85. The van der Waals surface area contributed by atoms with E-state index in [1.807, 2.05) is 0 Å². The van der Waals surface area contributed by atoms with Gasteiger partial charge in [0, 0.05) is 5.92 Å². The minimum absolute atomic E-state index is 0.633. The van der Waals surface area contributed by atoms with Crippen LogP contribution in [0.4, 0.5) is 0 Å². The van der Waals surface area contributed by atoms with Crippen LogP contribution < -0.4 is 0 Å². The highest BCUT2D eigenvalue weighted by Gasteiger charge is 2.31. The lowest BCUT2D eigenvalue weighted by molar-refractivity contribution is 0.396. The molecule has 0 amide bonds. The SMILES string of the molecule is CC(C)[C@H]1CC[C@@H](C)c2cnn(-c3ccccc3)c21. The molecule has 0 saturated heterocycles. The largest absolute Gasteiger partial charge is 0.237 e. The average molecular weight is 254 g/mol. The van der Waals surface area contributed by atoms with Crippen LogP contribution in [-0.2, 0) is 0 Å². The van der Waals surface area contributed by atoms with Gasteiger partial charge in [0.15, 0.2) is 0 Å². The molecule has 1 aromatic carbocycles. The van der Waals surface area contributed by atoms with Gasteiger partial charge in [0.1, 0.15) is 0 Å². The number of benzene rings is 1. The Morgan fingerprint density at radius 2 is 1.89 bits per heavy atom. The van der Waals surface area contributed by atoms with Crippen molar-refractivity contribution >= 4 is 0 Å². The number of aromatic nitrogens is 2. The van der Waals surface area contributed by atoms with Crippen molar-refractivity contribution in [1.82, 2.24) is 9.78 Å². The van der Waals surface area contributed by atoms with Gasteiger partial charge in [0.05, 0.1) is 17.6 Å². The van der Waals surface area contributed by atoms with Crippen LogP contribution in [0, 0.1) is 5.92 Å². The summed E-state index contributed by atoms with van der Waals surface area (Å²) < 4.78 is 2.16. The molecule has 1 aliphatic carbocycles. The van der Waals surface area contributed by atoms with E-state index in [1.54, 1.807) is 0 Å². The van der Waals surface area contributed by atoms with Crippen molar-refractivity contribution in [1.29, 1.82) is 0 Å². The lowest BCUT2D eigenvalue weighted by atomic mass is 9.76. The van der Waals surface area contributed by atoms with Crippen LogP contribution >= 0.6 is 0 Å². The molecule has 19 heavy (non-hydrogen) atoms. The van der Waals surface area contributed by atoms with E-state index in [1.165, 1.54) is 29.8 Å². The van der Waals surface area contributed by atoms with Gasteiger partial charge in [-0.2, -0.15) is 5.10 Å². The zero-order valence-corrected chi connectivity index (χ0v) is 12.0. The maximum Gasteiger partial charge on any atom is 0.0649 e. The molecule has 2 heteroatoms. The monoisotopic (exact) mass is 254 g/mol. The molecular weight excluding hydrogens is 232 g/mol. The van der Waals surface area contributed by atoms with Crippen LogP contribution in [0.1, 0.15) is 56.7 Å². The predicted octanol–water partition coefficient (Wildman–Crippen LogP) is 4.51. The molecule has 1 aliphatic rings. The number of hydrogen-bond donors (Lipinski definition) is 0. The number of rotatable bonds is 2. The van der Waals surface area contributed by atoms with Crippen LogP contribution in [0.2, 0.25) is 0 Å². The molecule has 0 N–H and O–H groups in total. The van der Waals surface area contributed by atoms with Gasteiger partial charge in [-0.3, -0.25) is 0 Å². The molecule has 0 saturated carbocycles. The van der Waals surface area contributed by atoms with Crippen molar-refractivity contribution in [3.05, 3.63) is 47.8 Å². The summed E-state index contributed by atoms with van der Waals surface area (Å²) in [5.41, 5.74) is 4.08. The zero-order chi connectivity index (χ0) is 13.4. The summed E-state index contributed by atoms with van der Waals surface area (Å²) in [4.78, 5) is 0. The molecule has 0 aliphatic heterocycles. The third kappa shape index (κ3) is 2.09. The van der Waals surface area contributed by atoms with Crippen molar-refractivity contribution < 1.29 is 0 Å². The fourth-order valence-electron chi connectivity index (χ4n) is 3.27. The molecule has 2 atom stereocenters. The maximum atomic E-state index is 4.67. The van der Waals surface area contributed by atoms with Crippen LogP contribution in [0.5, 0.6) is 0 Å². The Hall–Kier alpha value is -1.57. The standard InChI is InChI=1S/C17H22N2/c1-12(2)15-10-9-13(3)16-11-18-19(17(15)16)14-7-5-4-6-8-14/h4-8,11-13,15H,9-10H2,1-3H3/t13-,15-/m1/s1. The number of para-hydroxylation sites is 1. The topological polar surface area (TPSA) is 17.8 Å². The fraction of sp³-hybridized carbons (Fsp3) is 0.471. The second kappa shape index (κ2) is 4.84. The third-order valence-electron chi connectivity index (χ3n) is 4.43. The summed E-state index contributed by atoms with van der Waals surface area (Å²) in [6.07, 6.45) is 4.65. The number of hydrogen-bond acceptors (Lipinski definition) is 1. The Kier molecular flexibility index (Phi) is 3.17. The van der Waals surface area contributed by atoms with Crippen LogP contribution in [0.15, 0.2) is 36.5 Å². The highest BCUT2D eigenvalue weighted by atomic mass is 15.3. The van der Waals surface area contributed by atoms with Crippen LogP contribution in [-0.4, -0.2) is 9.78 Å². The molecule has 0 unspecified atom stereocenters. The van der Waals surface area contributed by atoms with E-state index in [9.17, 15) is 0 Å². The molecule has 1 heterocycles. The normalized spacial score (nSPS) is 22.5. The van der Waals surface area contributed by atoms with E-state index < -0.39 is 0 Å². The summed E-state index contributed by atoms with van der Waals surface area (Å²) in [7, 11) is 0. The van der Waals surface area contributed by atoms with Gasteiger partial charge in [0.25, 0.3) is 0 Å². The first-order valence-corrected chi connectivity index (χ1v) is 7.31. The Balaban J connectivity index is 2.13. The second-order valence-corrected chi connectivity index (χ2v) is 6.06. The van der Waals surface area contributed by atoms with Crippen LogP contribution in [0.25, 0.3) is 5.69 Å². The van der Waals surface area contributed by atoms with Gasteiger partial charge in [-0.15, -0.1) is 0 Å². The molecule has 2 aromatic rings. The van der Waals surface area contributed by atoms with Crippen molar-refractivity contribution in [3.8, 4) is 5.69 Å². The zero-order valence-electron chi connectivity index (χ0n) is 12.0. The van der Waals surface area contributed by atoms with Gasteiger partial charge in [-0.05, 0) is 42.4 Å². The quantitative estimate of drug-likeness (QED) is 0.771. The highest BCUT2D eigenvalue weighted by Crippen LogP contribution is 2.42. The summed E-state index contributed by atoms with van der Waals surface area (Å²) in [6, 6.07) is 10.5. The van der Waals surface area contributed by atoms with E-state index in [2.05, 4.69) is 67.1 Å². The van der Waals surface area contributed by atoms with Crippen molar-refractivity contribution in [2.24, 2.45) is 5.92 Å². The Morgan fingerprint density at radius 3 is 2.58 bits per heavy atom. The van der Waals surface area contributed by atoms with Gasteiger partial charge >= 0.3 is 0 Å². The fourth-order valence-corrected chi connectivity index (χ4v) is 3.27. The molecular formula is C17H22N2. The van der Waals surface area contributed by atoms with Crippen LogP contribution in [0.3, 0.4) is 0 Å². The van der Waals surface area contributed by atoms with Gasteiger partial charge in [-0.25, -0.2) is 4.68 Å². The van der Waals surface area contributed by atoms with Crippen molar-refractivity contribution in [2.75, 3.05) is 0 Å². The summed E-state index contributed by atoms with van der Waals surface area (Å²) in [5, 5.41) is 4.67. The Bertz CT molecular complexity index is 554. The summed E-state index contributed by atoms with van der Waals surface area (Å²) >= 11 is 0. The van der Waals surface area contributed by atoms with Gasteiger partial charge in [0.2, 0.25) is 0 Å². The van der Waals surface area contributed by atoms with E-state index in [0.717, 1.165) is 0 Å². The molecule has 2 nitrogen and oxygen atoms in total. The maximum absolute atomic E-state index is 4.67. The molecule has 100 valence electrons. The van der Waals surface area contributed by atoms with Gasteiger partial charge < -0.3 is 0 Å². The smallest absolute Gasteiger partial charge is 0.0649 e. The van der Waals surface area contributed by atoms with Gasteiger partial charge in [-0.1, -0.05) is 39.0 Å². The van der Waals surface area contributed by atoms with Crippen molar-refractivity contribution in [2.45, 2.75) is 45.4 Å². The third-order valence-corrected chi connectivity index (χ3v) is 4.43. The van der Waals surface area contributed by atoms with E-state index in [4.69, 9.17) is 0 Å². The lowest BCUT2D eigenvalue weighted by Gasteiger charge is -2.30. The molecule has 0 spiro atoms. The molecule has 1 aromatic heterocycles. The summed E-state index contributed by atoms with van der Waals surface area (Å²) in [6.45, 7) is 6.98. The molecule has 0 fully saturated rings. The number of nitrogens with zero attached hydrogens (tertiary/aromatic N) is 2. The molecule has 0 radical (unpaired) electrons. The first-order valence-electron chi connectivity index (χ1n) is 7.31. The van der Waals surface area contributed by atoms with E-state index in [-0.39, 0.29) is 0 Å². The molecule has 0 bridgehead atoms. The first kappa shape index (κ1) is 12.5. The minimum atomic E-state index is 0.633. The minimum Gasteiger partial charge on any atom is -0.237 e. The Labute approximate surface area is 115 Å². The molecule has 3 rings (SSSR count). The van der Waals surface area contributed by atoms with E-state index >= 15 is 0 Å². The van der Waals surface area contributed by atoms with E-state index in [0.29, 0.717) is 17.8 Å². The summed E-state index contributed by atoms with van der Waals surface area (Å²) in [5.74, 6) is 1.95. The lowest BCUT2D eigenvalue weighted by Crippen LogP contribution is -2.19. The second-order valence-electron chi connectivity index (χ2n) is 6.06. The Morgan fingerprint density at radius 1 is 1.16 bits per heavy atom. The number of fused-ring (bicyclic) bond motifs is 1. The van der Waals surface area contributed by atoms with Crippen molar-refractivity contribution in [3.63, 3.8) is 0 Å². The predicted molar refractivity (Wildman–Crippen MR) is 78.8 cm³/mol. The first-order chi connectivity index (χ1) is 9.18.